The van der Waals surface area contributed by atoms with Gasteiger partial charge in [0.15, 0.2) is 0 Å². The van der Waals surface area contributed by atoms with E-state index in [1.54, 1.807) is 0 Å². The van der Waals surface area contributed by atoms with E-state index in [2.05, 4.69) is 0 Å². The van der Waals surface area contributed by atoms with E-state index in [4.69, 9.17) is 21.4 Å². The Morgan fingerprint density at radius 1 is 1.00 bits per heavy atom. The van der Waals surface area contributed by atoms with Crippen molar-refractivity contribution in [3.8, 4) is 5.75 Å². The minimum atomic E-state index is 0.0660. The van der Waals surface area contributed by atoms with Gasteiger partial charge in [0.2, 0.25) is 0 Å². The molecule has 19 heavy (non-hydrogen) atoms. The molecule has 0 bridgehead atoms. The van der Waals surface area contributed by atoms with Crippen LogP contribution in [0.4, 0.5) is 0 Å². The van der Waals surface area contributed by atoms with Gasteiger partial charge in [-0.05, 0) is 48.2 Å². The molecule has 0 fully saturated rings. The summed E-state index contributed by atoms with van der Waals surface area (Å²) in [5.74, 6) is 0.885. The summed E-state index contributed by atoms with van der Waals surface area (Å²) in [6.07, 6.45) is 0. The fraction of sp³-hybridized carbons (Fsp3) is 0.250. The second-order valence-corrected chi connectivity index (χ2v) is 5.07. The Kier molecular flexibility index (Phi) is 4.46. The smallest absolute Gasteiger partial charge is 0.125 e. The zero-order valence-corrected chi connectivity index (χ0v) is 11.9. The van der Waals surface area contributed by atoms with E-state index in [1.807, 2.05) is 50.2 Å². The minimum absolute atomic E-state index is 0.0660. The number of aryl methyl sites for hydroxylation is 2. The van der Waals surface area contributed by atoms with Crippen LogP contribution in [0.15, 0.2) is 36.4 Å². The number of aliphatic hydroxyl groups is 1. The molecule has 0 heterocycles. The number of hydrogen-bond acceptors (Lipinski definition) is 2. The van der Waals surface area contributed by atoms with E-state index in [9.17, 15) is 0 Å². The number of rotatable bonds is 4. The lowest BCUT2D eigenvalue weighted by Gasteiger charge is -2.13. The highest BCUT2D eigenvalue weighted by molar-refractivity contribution is 6.30. The first-order valence-electron chi connectivity index (χ1n) is 6.18. The van der Waals surface area contributed by atoms with Crippen LogP contribution >= 0.6 is 11.6 Å². The monoisotopic (exact) mass is 276 g/mol. The lowest BCUT2D eigenvalue weighted by Crippen LogP contribution is -1.99. The van der Waals surface area contributed by atoms with Crippen LogP contribution in [0, 0.1) is 13.8 Å². The Hall–Kier alpha value is -1.51. The Bertz CT molecular complexity index is 538. The molecule has 3 heteroatoms. The van der Waals surface area contributed by atoms with Crippen molar-refractivity contribution in [1.29, 1.82) is 0 Å². The topological polar surface area (TPSA) is 29.5 Å². The summed E-state index contributed by atoms with van der Waals surface area (Å²) in [5, 5.41) is 9.72. The summed E-state index contributed by atoms with van der Waals surface area (Å²) in [5.41, 5.74) is 4.06. The number of aliphatic hydroxyl groups excluding tert-OH is 1. The fourth-order valence-electron chi connectivity index (χ4n) is 2.02. The molecule has 0 saturated heterocycles. The molecule has 0 aliphatic carbocycles. The lowest BCUT2D eigenvalue weighted by atomic mass is 10.1. The van der Waals surface area contributed by atoms with Gasteiger partial charge in [0.05, 0.1) is 6.61 Å². The van der Waals surface area contributed by atoms with Gasteiger partial charge < -0.3 is 9.84 Å². The molecule has 2 rings (SSSR count). The Morgan fingerprint density at radius 2 is 1.53 bits per heavy atom. The van der Waals surface area contributed by atoms with Crippen molar-refractivity contribution in [2.45, 2.75) is 27.1 Å². The molecular weight excluding hydrogens is 260 g/mol. The van der Waals surface area contributed by atoms with Crippen LogP contribution in [0.5, 0.6) is 5.75 Å². The highest BCUT2D eigenvalue weighted by atomic mass is 35.5. The van der Waals surface area contributed by atoms with Crippen LogP contribution in [0.3, 0.4) is 0 Å². The molecule has 0 spiro atoms. The van der Waals surface area contributed by atoms with Crippen molar-refractivity contribution in [2.75, 3.05) is 0 Å². The molecule has 0 atom stereocenters. The van der Waals surface area contributed by atoms with Gasteiger partial charge in [-0.15, -0.1) is 0 Å². The van der Waals surface area contributed by atoms with Gasteiger partial charge in [-0.3, -0.25) is 0 Å². The summed E-state index contributed by atoms with van der Waals surface area (Å²) >= 11 is 5.99. The second-order valence-electron chi connectivity index (χ2n) is 4.63. The third-order valence-electron chi connectivity index (χ3n) is 3.01. The molecular formula is C16H17ClO2. The van der Waals surface area contributed by atoms with E-state index >= 15 is 0 Å². The van der Waals surface area contributed by atoms with Crippen molar-refractivity contribution in [2.24, 2.45) is 0 Å². The molecule has 0 unspecified atom stereocenters. The van der Waals surface area contributed by atoms with Crippen molar-refractivity contribution >= 4 is 11.6 Å². The van der Waals surface area contributed by atoms with Gasteiger partial charge in [0.1, 0.15) is 12.4 Å². The van der Waals surface area contributed by atoms with Crippen LogP contribution < -0.4 is 4.74 Å². The average molecular weight is 277 g/mol. The second kappa shape index (κ2) is 6.09. The van der Waals surface area contributed by atoms with Gasteiger partial charge in [-0.2, -0.15) is 0 Å². The maximum absolute atomic E-state index is 8.99. The van der Waals surface area contributed by atoms with Gasteiger partial charge in [-0.25, -0.2) is 0 Å². The van der Waals surface area contributed by atoms with E-state index < -0.39 is 0 Å². The van der Waals surface area contributed by atoms with E-state index in [0.29, 0.717) is 6.61 Å². The highest BCUT2D eigenvalue weighted by Crippen LogP contribution is 2.27. The average Bonchev–Trinajstić information content (AvgIpc) is 2.38. The minimum Gasteiger partial charge on any atom is -0.488 e. The molecule has 0 aromatic heterocycles. The zero-order valence-electron chi connectivity index (χ0n) is 11.1. The van der Waals surface area contributed by atoms with Crippen molar-refractivity contribution in [3.63, 3.8) is 0 Å². The summed E-state index contributed by atoms with van der Waals surface area (Å²) in [7, 11) is 0. The summed E-state index contributed by atoms with van der Waals surface area (Å²) in [6.45, 7) is 4.55. The third kappa shape index (κ3) is 3.49. The number of hydrogen-bond donors (Lipinski definition) is 1. The standard InChI is InChI=1S/C16H17ClO2/c1-11-7-15(17)8-12(2)16(11)19-10-14-5-3-13(9-18)4-6-14/h3-8,18H,9-10H2,1-2H3. The molecule has 0 saturated carbocycles. The van der Waals surface area contributed by atoms with Crippen molar-refractivity contribution in [3.05, 3.63) is 63.7 Å². The summed E-state index contributed by atoms with van der Waals surface area (Å²) in [4.78, 5) is 0. The van der Waals surface area contributed by atoms with Crippen LogP contribution in [-0.2, 0) is 13.2 Å². The highest BCUT2D eigenvalue weighted by Gasteiger charge is 2.06. The first-order chi connectivity index (χ1) is 9.10. The van der Waals surface area contributed by atoms with Crippen LogP contribution in [0.25, 0.3) is 0 Å². The first kappa shape index (κ1) is 13.9. The predicted octanol–water partition coefficient (Wildman–Crippen LogP) is 4.03. The van der Waals surface area contributed by atoms with Gasteiger partial charge in [-0.1, -0.05) is 35.9 Å². The first-order valence-corrected chi connectivity index (χ1v) is 6.56. The normalized spacial score (nSPS) is 10.5. The van der Waals surface area contributed by atoms with Crippen LogP contribution in [-0.4, -0.2) is 5.11 Å². The lowest BCUT2D eigenvalue weighted by molar-refractivity contribution is 0.281. The third-order valence-corrected chi connectivity index (χ3v) is 3.23. The predicted molar refractivity (Wildman–Crippen MR) is 77.6 cm³/mol. The van der Waals surface area contributed by atoms with E-state index in [1.165, 1.54) is 0 Å². The number of halogens is 1. The largest absolute Gasteiger partial charge is 0.488 e. The Morgan fingerprint density at radius 3 is 2.05 bits per heavy atom. The van der Waals surface area contributed by atoms with Gasteiger partial charge in [0, 0.05) is 5.02 Å². The molecule has 0 aliphatic rings. The molecule has 2 nitrogen and oxygen atoms in total. The van der Waals surface area contributed by atoms with Crippen molar-refractivity contribution in [1.82, 2.24) is 0 Å². The molecule has 100 valence electrons. The quantitative estimate of drug-likeness (QED) is 0.914. The summed E-state index contributed by atoms with van der Waals surface area (Å²) < 4.78 is 5.86. The molecule has 0 radical (unpaired) electrons. The molecule has 2 aromatic rings. The van der Waals surface area contributed by atoms with Gasteiger partial charge >= 0.3 is 0 Å². The molecule has 0 amide bonds. The Labute approximate surface area is 118 Å². The van der Waals surface area contributed by atoms with Crippen LogP contribution in [0.1, 0.15) is 22.3 Å². The maximum atomic E-state index is 8.99. The number of ether oxygens (including phenoxy) is 1. The summed E-state index contributed by atoms with van der Waals surface area (Å²) in [6, 6.07) is 11.5. The van der Waals surface area contributed by atoms with E-state index in [0.717, 1.165) is 33.0 Å². The molecule has 0 aliphatic heterocycles. The van der Waals surface area contributed by atoms with Crippen molar-refractivity contribution < 1.29 is 9.84 Å². The fourth-order valence-corrected chi connectivity index (χ4v) is 2.35. The van der Waals surface area contributed by atoms with Gasteiger partial charge in [0.25, 0.3) is 0 Å². The number of benzene rings is 2. The van der Waals surface area contributed by atoms with E-state index in [-0.39, 0.29) is 6.61 Å². The SMILES string of the molecule is Cc1cc(Cl)cc(C)c1OCc1ccc(CO)cc1. The Balaban J connectivity index is 2.10. The van der Waals surface area contributed by atoms with Crippen LogP contribution in [0.2, 0.25) is 5.02 Å². The molecule has 2 aromatic carbocycles. The maximum Gasteiger partial charge on any atom is 0.125 e. The zero-order chi connectivity index (χ0) is 13.8. The molecule has 1 N–H and O–H groups in total.